The van der Waals surface area contributed by atoms with Crippen LogP contribution in [-0.4, -0.2) is 17.3 Å². The van der Waals surface area contributed by atoms with E-state index in [1.54, 1.807) is 0 Å². The Morgan fingerprint density at radius 3 is 1.65 bits per heavy atom. The second kappa shape index (κ2) is 3.83. The molecule has 17 heavy (non-hydrogen) atoms. The largest absolute Gasteiger partial charge is 0.479 e. The number of halogens is 5. The van der Waals surface area contributed by atoms with E-state index in [0.29, 0.717) is 12.8 Å². The van der Waals surface area contributed by atoms with Crippen molar-refractivity contribution >= 4 is 0 Å². The van der Waals surface area contributed by atoms with E-state index in [1.807, 2.05) is 0 Å². The monoisotopic (exact) mass is 254 g/mol. The van der Waals surface area contributed by atoms with E-state index in [-0.39, 0.29) is 0 Å². The van der Waals surface area contributed by atoms with E-state index in [4.69, 9.17) is 9.84 Å². The summed E-state index contributed by atoms with van der Waals surface area (Å²) in [5.74, 6) is -11.8. The highest BCUT2D eigenvalue weighted by atomic mass is 19.2. The normalized spacial score (nSPS) is 17.1. The molecule has 0 unspecified atom stereocenters. The Morgan fingerprint density at radius 1 is 0.882 bits per heavy atom. The molecule has 0 amide bonds. The molecule has 0 aliphatic heterocycles. The molecular weight excluding hydrogens is 247 g/mol. The molecule has 1 fully saturated rings. The quantitative estimate of drug-likeness (QED) is 0.509. The second-order valence-electron chi connectivity index (χ2n) is 3.84. The first-order chi connectivity index (χ1) is 7.92. The van der Waals surface area contributed by atoms with Crippen LogP contribution in [0.1, 0.15) is 12.8 Å². The van der Waals surface area contributed by atoms with Crippen LogP contribution in [0.15, 0.2) is 0 Å². The van der Waals surface area contributed by atoms with Crippen molar-refractivity contribution in [1.29, 1.82) is 0 Å². The van der Waals surface area contributed by atoms with Gasteiger partial charge in [-0.1, -0.05) is 0 Å². The molecule has 7 heteroatoms. The summed E-state index contributed by atoms with van der Waals surface area (Å²) in [6, 6.07) is 0. The molecule has 0 aromatic heterocycles. The van der Waals surface area contributed by atoms with Gasteiger partial charge < -0.3 is 9.84 Å². The molecule has 1 aromatic carbocycles. The Bertz CT molecular complexity index is 441. The van der Waals surface area contributed by atoms with Gasteiger partial charge in [0.15, 0.2) is 5.75 Å². The summed E-state index contributed by atoms with van der Waals surface area (Å²) in [6.07, 6.45) is 0.589. The third kappa shape index (κ3) is 1.84. The van der Waals surface area contributed by atoms with Crippen LogP contribution in [0.25, 0.3) is 0 Å². The highest BCUT2D eigenvalue weighted by molar-refractivity contribution is 5.31. The van der Waals surface area contributed by atoms with Crippen LogP contribution in [0.5, 0.6) is 5.75 Å². The van der Waals surface area contributed by atoms with Gasteiger partial charge in [0.1, 0.15) is 5.60 Å². The summed E-state index contributed by atoms with van der Waals surface area (Å²) in [6.45, 7) is -0.549. The summed E-state index contributed by atoms with van der Waals surface area (Å²) in [7, 11) is 0. The molecule has 94 valence electrons. The third-order valence-corrected chi connectivity index (χ3v) is 2.58. The average Bonchev–Trinajstić information content (AvgIpc) is 3.10. The van der Waals surface area contributed by atoms with Gasteiger partial charge in [0.05, 0.1) is 6.61 Å². The number of aliphatic hydroxyl groups excluding tert-OH is 1. The Morgan fingerprint density at radius 2 is 1.29 bits per heavy atom. The first kappa shape index (κ1) is 12.1. The van der Waals surface area contributed by atoms with Gasteiger partial charge in [0.2, 0.25) is 29.1 Å². The van der Waals surface area contributed by atoms with Crippen molar-refractivity contribution in [3.05, 3.63) is 29.1 Å². The Hall–Kier alpha value is -1.37. The SMILES string of the molecule is OCC1(Oc2c(F)c(F)c(F)c(F)c2F)CC1. The van der Waals surface area contributed by atoms with Crippen LogP contribution in [-0.2, 0) is 0 Å². The van der Waals surface area contributed by atoms with E-state index < -0.39 is 47.0 Å². The van der Waals surface area contributed by atoms with E-state index >= 15 is 0 Å². The van der Waals surface area contributed by atoms with Gasteiger partial charge in [-0.05, 0) is 12.8 Å². The van der Waals surface area contributed by atoms with Crippen molar-refractivity contribution in [2.45, 2.75) is 18.4 Å². The molecule has 0 spiro atoms. The van der Waals surface area contributed by atoms with Gasteiger partial charge in [-0.2, -0.15) is 8.78 Å². The lowest BCUT2D eigenvalue weighted by molar-refractivity contribution is 0.0845. The molecule has 0 atom stereocenters. The maximum atomic E-state index is 13.2. The van der Waals surface area contributed by atoms with E-state index in [9.17, 15) is 22.0 Å². The molecule has 1 aromatic rings. The number of aliphatic hydroxyl groups is 1. The average molecular weight is 254 g/mol. The van der Waals surface area contributed by atoms with E-state index in [1.165, 1.54) is 0 Å². The van der Waals surface area contributed by atoms with Gasteiger partial charge in [0.25, 0.3) is 0 Å². The van der Waals surface area contributed by atoms with Crippen molar-refractivity contribution in [2.24, 2.45) is 0 Å². The fourth-order valence-electron chi connectivity index (χ4n) is 1.32. The molecular formula is C10H7F5O2. The standard InChI is InChI=1S/C10H7F5O2/c11-4-5(12)7(14)9(8(15)6(4)13)17-10(3-16)1-2-10/h16H,1-3H2. The topological polar surface area (TPSA) is 29.5 Å². The minimum absolute atomic E-state index is 0.295. The van der Waals surface area contributed by atoms with Gasteiger partial charge in [0, 0.05) is 0 Å². The number of hydrogen-bond acceptors (Lipinski definition) is 2. The van der Waals surface area contributed by atoms with Crippen LogP contribution in [0, 0.1) is 29.1 Å². The lowest BCUT2D eigenvalue weighted by Gasteiger charge is -2.17. The minimum Gasteiger partial charge on any atom is -0.479 e. The Labute approximate surface area is 92.6 Å². The number of benzene rings is 1. The number of ether oxygens (including phenoxy) is 1. The van der Waals surface area contributed by atoms with Gasteiger partial charge in [-0.25, -0.2) is 13.2 Å². The smallest absolute Gasteiger partial charge is 0.207 e. The summed E-state index contributed by atoms with van der Waals surface area (Å²) >= 11 is 0. The molecule has 1 aliphatic rings. The van der Waals surface area contributed by atoms with E-state index in [0.717, 1.165) is 0 Å². The lowest BCUT2D eigenvalue weighted by atomic mass is 10.2. The van der Waals surface area contributed by atoms with Gasteiger partial charge in [-0.3, -0.25) is 0 Å². The Kier molecular flexibility index (Phi) is 2.73. The fraction of sp³-hybridized carbons (Fsp3) is 0.400. The first-order valence-corrected chi connectivity index (χ1v) is 4.73. The molecule has 1 saturated carbocycles. The van der Waals surface area contributed by atoms with Crippen molar-refractivity contribution in [2.75, 3.05) is 6.61 Å². The zero-order valence-corrected chi connectivity index (χ0v) is 8.37. The van der Waals surface area contributed by atoms with Crippen molar-refractivity contribution < 1.29 is 31.8 Å². The molecule has 1 N–H and O–H groups in total. The van der Waals surface area contributed by atoms with Crippen LogP contribution >= 0.6 is 0 Å². The molecule has 0 saturated heterocycles. The van der Waals surface area contributed by atoms with Crippen LogP contribution < -0.4 is 4.74 Å². The summed E-state index contributed by atoms with van der Waals surface area (Å²) in [5.41, 5.74) is -1.22. The van der Waals surface area contributed by atoms with E-state index in [2.05, 4.69) is 0 Å². The highest BCUT2D eigenvalue weighted by Crippen LogP contribution is 2.42. The van der Waals surface area contributed by atoms with Crippen LogP contribution in [0.2, 0.25) is 0 Å². The maximum absolute atomic E-state index is 13.2. The highest BCUT2D eigenvalue weighted by Gasteiger charge is 2.47. The molecule has 2 nitrogen and oxygen atoms in total. The summed E-state index contributed by atoms with van der Waals surface area (Å²) in [4.78, 5) is 0. The van der Waals surface area contributed by atoms with Crippen molar-refractivity contribution in [3.8, 4) is 5.75 Å². The predicted octanol–water partition coefficient (Wildman–Crippen LogP) is 2.29. The zero-order valence-electron chi connectivity index (χ0n) is 8.37. The third-order valence-electron chi connectivity index (χ3n) is 2.58. The number of rotatable bonds is 3. The van der Waals surface area contributed by atoms with Crippen molar-refractivity contribution in [1.82, 2.24) is 0 Å². The second-order valence-corrected chi connectivity index (χ2v) is 3.84. The lowest BCUT2D eigenvalue weighted by Crippen LogP contribution is -2.24. The maximum Gasteiger partial charge on any atom is 0.207 e. The first-order valence-electron chi connectivity index (χ1n) is 4.73. The van der Waals surface area contributed by atoms with Gasteiger partial charge in [-0.15, -0.1) is 0 Å². The predicted molar refractivity (Wildman–Crippen MR) is 45.9 cm³/mol. The summed E-state index contributed by atoms with van der Waals surface area (Å²) in [5, 5.41) is 8.86. The molecule has 0 bridgehead atoms. The zero-order chi connectivity index (χ0) is 12.8. The molecule has 0 radical (unpaired) electrons. The summed E-state index contributed by atoms with van der Waals surface area (Å²) < 4.78 is 69.3. The minimum atomic E-state index is -2.24. The molecule has 2 rings (SSSR count). The molecule has 1 aliphatic carbocycles. The molecule has 0 heterocycles. The van der Waals surface area contributed by atoms with Crippen LogP contribution in [0.4, 0.5) is 22.0 Å². The Balaban J connectivity index is 2.47. The van der Waals surface area contributed by atoms with Gasteiger partial charge >= 0.3 is 0 Å². The number of hydrogen-bond donors (Lipinski definition) is 1. The fourth-order valence-corrected chi connectivity index (χ4v) is 1.32. The van der Waals surface area contributed by atoms with Crippen molar-refractivity contribution in [3.63, 3.8) is 0 Å². The van der Waals surface area contributed by atoms with Crippen LogP contribution in [0.3, 0.4) is 0 Å².